The lowest BCUT2D eigenvalue weighted by molar-refractivity contribution is -0.134. The molecule has 7 N–H and O–H groups in total. The molecule has 2 atom stereocenters. The van der Waals surface area contributed by atoms with Gasteiger partial charge in [0.15, 0.2) is 0 Å². The first kappa shape index (κ1) is 33.2. The number of para-hydroxylation sites is 1. The highest BCUT2D eigenvalue weighted by atomic mass is 16.5. The van der Waals surface area contributed by atoms with Gasteiger partial charge in [-0.25, -0.2) is 0 Å². The summed E-state index contributed by atoms with van der Waals surface area (Å²) in [6.07, 6.45) is 2.54. The Kier molecular flexibility index (Phi) is 11.5. The highest BCUT2D eigenvalue weighted by Gasteiger charge is 2.27. The summed E-state index contributed by atoms with van der Waals surface area (Å²) in [6.45, 7) is 1.87. The molecule has 46 heavy (non-hydrogen) atoms. The van der Waals surface area contributed by atoms with E-state index in [0.717, 1.165) is 16.5 Å². The van der Waals surface area contributed by atoms with Gasteiger partial charge in [-0.2, -0.15) is 0 Å². The summed E-state index contributed by atoms with van der Waals surface area (Å²) in [5.74, 6) is -2.27. The Balaban J connectivity index is 1.39. The molecule has 12 heteroatoms. The molecule has 4 rings (SSSR count). The van der Waals surface area contributed by atoms with Crippen LogP contribution in [0, 0.1) is 0 Å². The number of nitrogens with two attached hydrogens (primary N) is 1. The Morgan fingerprint density at radius 2 is 1.52 bits per heavy atom. The Morgan fingerprint density at radius 3 is 2.22 bits per heavy atom. The van der Waals surface area contributed by atoms with Gasteiger partial charge in [-0.1, -0.05) is 37.3 Å². The van der Waals surface area contributed by atoms with Crippen molar-refractivity contribution in [3.63, 3.8) is 0 Å². The summed E-state index contributed by atoms with van der Waals surface area (Å²) in [4.78, 5) is 66.2. The van der Waals surface area contributed by atoms with Crippen LogP contribution in [0.15, 0.2) is 79.0 Å². The summed E-state index contributed by atoms with van der Waals surface area (Å²) in [7, 11) is 0. The molecule has 0 fully saturated rings. The van der Waals surface area contributed by atoms with Crippen molar-refractivity contribution in [3.8, 4) is 11.5 Å². The third-order valence-corrected chi connectivity index (χ3v) is 7.19. The number of aromatic hydroxyl groups is 1. The lowest BCUT2D eigenvalue weighted by Gasteiger charge is -2.22. The van der Waals surface area contributed by atoms with Crippen LogP contribution in [0.5, 0.6) is 11.5 Å². The van der Waals surface area contributed by atoms with E-state index in [1.165, 1.54) is 12.1 Å². The number of esters is 1. The second-order valence-electron chi connectivity index (χ2n) is 10.8. The number of anilines is 1. The van der Waals surface area contributed by atoms with Crippen LogP contribution in [0.3, 0.4) is 0 Å². The molecule has 12 nitrogen and oxygen atoms in total. The van der Waals surface area contributed by atoms with E-state index >= 15 is 0 Å². The van der Waals surface area contributed by atoms with Crippen LogP contribution >= 0.6 is 0 Å². The van der Waals surface area contributed by atoms with Crippen LogP contribution in [0.25, 0.3) is 10.9 Å². The van der Waals surface area contributed by atoms with Crippen LogP contribution in [0.2, 0.25) is 0 Å². The predicted molar refractivity (Wildman–Crippen MR) is 172 cm³/mol. The summed E-state index contributed by atoms with van der Waals surface area (Å²) >= 11 is 0. The highest BCUT2D eigenvalue weighted by molar-refractivity contribution is 5.95. The van der Waals surface area contributed by atoms with Crippen molar-refractivity contribution in [1.29, 1.82) is 0 Å². The van der Waals surface area contributed by atoms with Crippen molar-refractivity contribution in [2.45, 2.75) is 57.5 Å². The first-order chi connectivity index (χ1) is 22.1. The molecule has 0 aliphatic heterocycles. The zero-order valence-electron chi connectivity index (χ0n) is 25.4. The van der Waals surface area contributed by atoms with Crippen molar-refractivity contribution in [2.75, 3.05) is 5.32 Å². The van der Waals surface area contributed by atoms with Gasteiger partial charge in [0.25, 0.3) is 0 Å². The number of rotatable bonds is 15. The van der Waals surface area contributed by atoms with Gasteiger partial charge in [-0.15, -0.1) is 0 Å². The topological polar surface area (TPSA) is 193 Å². The molecule has 0 saturated carbocycles. The summed E-state index contributed by atoms with van der Waals surface area (Å²) < 4.78 is 5.21. The summed E-state index contributed by atoms with van der Waals surface area (Å²) in [5.41, 5.74) is 8.35. The number of amides is 4. The number of carbonyl (C=O) groups excluding carboxylic acids is 5. The number of ether oxygens (including phenoxy) is 1. The molecule has 0 aliphatic rings. The average molecular weight is 628 g/mol. The molecule has 0 spiro atoms. The van der Waals surface area contributed by atoms with E-state index in [-0.39, 0.29) is 37.4 Å². The molecule has 4 amide bonds. The highest BCUT2D eigenvalue weighted by Crippen LogP contribution is 2.20. The molecule has 1 aromatic heterocycles. The minimum Gasteiger partial charge on any atom is -0.508 e. The molecule has 3 aromatic carbocycles. The zero-order chi connectivity index (χ0) is 33.1. The van der Waals surface area contributed by atoms with E-state index < -0.39 is 35.7 Å². The SMILES string of the molecule is CCCC(=O)Oc1ccc(NC(=O)CCC(=O)N[C@@H](Cc2c[nH]c3ccccc23)C(=O)N[C@@H](Cc2ccc(O)cc2)C(N)=O)cc1. The fraction of sp³-hybridized carbons (Fsp3) is 0.265. The maximum absolute atomic E-state index is 13.5. The largest absolute Gasteiger partial charge is 0.508 e. The fourth-order valence-corrected chi connectivity index (χ4v) is 4.80. The van der Waals surface area contributed by atoms with E-state index in [1.54, 1.807) is 42.6 Å². The van der Waals surface area contributed by atoms with Gasteiger partial charge >= 0.3 is 5.97 Å². The number of hydrogen-bond donors (Lipinski definition) is 6. The third kappa shape index (κ3) is 9.68. The number of hydrogen-bond acceptors (Lipinski definition) is 7. The Hall–Kier alpha value is -5.65. The number of phenolic OH excluding ortho intramolecular Hbond substituents is 1. The first-order valence-electron chi connectivity index (χ1n) is 14.9. The van der Waals surface area contributed by atoms with Gasteiger partial charge in [-0.3, -0.25) is 24.0 Å². The number of aromatic amines is 1. The summed E-state index contributed by atoms with van der Waals surface area (Å²) in [6, 6.07) is 17.8. The molecular formula is C34H37N5O7. The van der Waals surface area contributed by atoms with Gasteiger partial charge in [0, 0.05) is 54.9 Å². The quantitative estimate of drug-likeness (QED) is 0.0860. The lowest BCUT2D eigenvalue weighted by atomic mass is 10.0. The van der Waals surface area contributed by atoms with Crippen LogP contribution in [-0.2, 0) is 36.8 Å². The minimum absolute atomic E-state index is 0.0570. The van der Waals surface area contributed by atoms with Crippen LogP contribution < -0.4 is 26.4 Å². The molecule has 240 valence electrons. The molecule has 4 aromatic rings. The maximum Gasteiger partial charge on any atom is 0.311 e. The van der Waals surface area contributed by atoms with Crippen LogP contribution in [-0.4, -0.2) is 51.8 Å². The predicted octanol–water partition coefficient (Wildman–Crippen LogP) is 3.24. The van der Waals surface area contributed by atoms with Gasteiger partial charge in [-0.05, 0) is 60.0 Å². The Labute approximate surface area is 265 Å². The third-order valence-electron chi connectivity index (χ3n) is 7.19. The Bertz CT molecular complexity index is 1680. The van der Waals surface area contributed by atoms with Crippen molar-refractivity contribution >= 4 is 46.2 Å². The maximum atomic E-state index is 13.5. The second kappa shape index (κ2) is 15.9. The number of phenols is 1. The summed E-state index contributed by atoms with van der Waals surface area (Å²) in [5, 5.41) is 18.5. The van der Waals surface area contributed by atoms with Gasteiger partial charge in [0.05, 0.1) is 0 Å². The van der Waals surface area contributed by atoms with Crippen molar-refractivity contribution in [3.05, 3.63) is 90.1 Å². The fourth-order valence-electron chi connectivity index (χ4n) is 4.80. The van der Waals surface area contributed by atoms with Crippen molar-refractivity contribution in [2.24, 2.45) is 5.73 Å². The molecule has 0 unspecified atom stereocenters. The van der Waals surface area contributed by atoms with E-state index in [1.807, 2.05) is 31.2 Å². The van der Waals surface area contributed by atoms with E-state index in [2.05, 4.69) is 20.9 Å². The van der Waals surface area contributed by atoms with Crippen LogP contribution in [0.4, 0.5) is 5.69 Å². The van der Waals surface area contributed by atoms with E-state index in [0.29, 0.717) is 29.8 Å². The molecule has 0 radical (unpaired) electrons. The number of fused-ring (bicyclic) bond motifs is 1. The normalized spacial score (nSPS) is 12.1. The second-order valence-corrected chi connectivity index (χ2v) is 10.8. The minimum atomic E-state index is -1.08. The molecule has 0 saturated heterocycles. The smallest absolute Gasteiger partial charge is 0.311 e. The van der Waals surface area contributed by atoms with Crippen molar-refractivity contribution in [1.82, 2.24) is 15.6 Å². The van der Waals surface area contributed by atoms with Gasteiger partial charge in [0.2, 0.25) is 23.6 Å². The molecule has 1 heterocycles. The first-order valence-corrected chi connectivity index (χ1v) is 14.9. The number of carbonyl (C=O) groups is 5. The number of H-pyrrole nitrogens is 1. The molecule has 0 bridgehead atoms. The van der Waals surface area contributed by atoms with E-state index in [4.69, 9.17) is 10.5 Å². The average Bonchev–Trinajstić information content (AvgIpc) is 3.44. The number of primary amides is 1. The zero-order valence-corrected chi connectivity index (χ0v) is 25.4. The van der Waals surface area contributed by atoms with Crippen LogP contribution in [0.1, 0.15) is 43.7 Å². The van der Waals surface area contributed by atoms with Gasteiger partial charge in [0.1, 0.15) is 23.6 Å². The number of nitrogens with one attached hydrogen (secondary N) is 4. The standard InChI is InChI=1S/C34H37N5O7/c1-2-5-32(43)46-25-14-10-23(11-15-25)37-30(41)16-17-31(42)38-29(19-22-20-36-27-7-4-3-6-26(22)27)34(45)39-28(33(35)44)18-21-8-12-24(40)13-9-21/h3-4,6-15,20,28-29,36,40H,2,5,16-19H2,1H3,(H2,35,44)(H,37,41)(H,38,42)(H,39,45)/t28-,29-/m0/s1. The van der Waals surface area contributed by atoms with Crippen molar-refractivity contribution < 1.29 is 33.8 Å². The monoisotopic (exact) mass is 627 g/mol. The Morgan fingerprint density at radius 1 is 0.826 bits per heavy atom. The van der Waals surface area contributed by atoms with E-state index in [9.17, 15) is 29.1 Å². The number of benzene rings is 3. The molecular weight excluding hydrogens is 590 g/mol. The van der Waals surface area contributed by atoms with Gasteiger partial charge < -0.3 is 36.5 Å². The molecule has 0 aliphatic carbocycles. The number of aromatic nitrogens is 1. The lowest BCUT2D eigenvalue weighted by Crippen LogP contribution is -2.54.